The number of hydrogen-bond donors (Lipinski definition) is 1. The average molecular weight is 280 g/mol. The van der Waals surface area contributed by atoms with Crippen molar-refractivity contribution in [1.82, 2.24) is 5.32 Å². The molecule has 106 valence electrons. The Morgan fingerprint density at radius 3 is 2.42 bits per heavy atom. The number of nitrogens with one attached hydrogen (secondary N) is 1. The maximum absolute atomic E-state index is 6.01. The Morgan fingerprint density at radius 2 is 1.84 bits per heavy atom. The van der Waals surface area contributed by atoms with Crippen molar-refractivity contribution in [2.45, 2.75) is 51.4 Å². The Morgan fingerprint density at radius 1 is 1.16 bits per heavy atom. The zero-order valence-corrected chi connectivity index (χ0v) is 13.0. The van der Waals surface area contributed by atoms with Gasteiger partial charge in [0.15, 0.2) is 0 Å². The van der Waals surface area contributed by atoms with Gasteiger partial charge in [0.05, 0.1) is 0 Å². The van der Waals surface area contributed by atoms with E-state index in [2.05, 4.69) is 31.3 Å². The molecule has 0 spiro atoms. The molecule has 1 aromatic rings. The first-order valence-electron chi connectivity index (χ1n) is 7.67. The van der Waals surface area contributed by atoms with Crippen molar-refractivity contribution in [3.8, 4) is 0 Å². The van der Waals surface area contributed by atoms with Gasteiger partial charge in [0.1, 0.15) is 0 Å². The van der Waals surface area contributed by atoms with Crippen LogP contribution < -0.4 is 5.32 Å². The Hall–Kier alpha value is -0.530. The van der Waals surface area contributed by atoms with Crippen LogP contribution in [0.5, 0.6) is 0 Å². The number of benzene rings is 1. The highest BCUT2D eigenvalue weighted by atomic mass is 35.5. The topological polar surface area (TPSA) is 12.0 Å². The smallest absolute Gasteiger partial charge is 0.0406 e. The third kappa shape index (κ3) is 3.52. The van der Waals surface area contributed by atoms with Gasteiger partial charge in [-0.3, -0.25) is 0 Å². The van der Waals surface area contributed by atoms with Crippen LogP contribution in [0.15, 0.2) is 24.3 Å². The summed E-state index contributed by atoms with van der Waals surface area (Å²) in [6.45, 7) is 6.75. The summed E-state index contributed by atoms with van der Waals surface area (Å²) < 4.78 is 0. The standard InChI is InChI=1S/C17H26ClN/c1-3-5-14-11-17(12-14,13-19-10-4-2)15-6-8-16(18)9-7-15/h6-9,14,19H,3-5,10-13H2,1-2H3. The zero-order chi connectivity index (χ0) is 13.7. The SMILES string of the molecule is CCCNCC1(c2ccc(Cl)cc2)CC(CCC)C1. The van der Waals surface area contributed by atoms with Crippen molar-refractivity contribution in [3.63, 3.8) is 0 Å². The van der Waals surface area contributed by atoms with Crippen molar-refractivity contribution in [3.05, 3.63) is 34.9 Å². The third-order valence-electron chi connectivity index (χ3n) is 4.40. The first kappa shape index (κ1) is 14.9. The Kier molecular flexibility index (Phi) is 5.29. The van der Waals surface area contributed by atoms with E-state index in [-0.39, 0.29) is 0 Å². The van der Waals surface area contributed by atoms with Gasteiger partial charge in [-0.25, -0.2) is 0 Å². The van der Waals surface area contributed by atoms with Crippen molar-refractivity contribution < 1.29 is 0 Å². The van der Waals surface area contributed by atoms with E-state index in [1.807, 2.05) is 12.1 Å². The van der Waals surface area contributed by atoms with Crippen molar-refractivity contribution in [2.75, 3.05) is 13.1 Å². The quantitative estimate of drug-likeness (QED) is 0.708. The fraction of sp³-hybridized carbons (Fsp3) is 0.647. The molecule has 0 unspecified atom stereocenters. The van der Waals surface area contributed by atoms with Gasteiger partial charge in [-0.05, 0) is 49.4 Å². The minimum absolute atomic E-state index is 0.361. The molecule has 0 heterocycles. The molecule has 1 nitrogen and oxygen atoms in total. The second kappa shape index (κ2) is 6.76. The van der Waals surface area contributed by atoms with Crippen molar-refractivity contribution in [1.29, 1.82) is 0 Å². The summed E-state index contributed by atoms with van der Waals surface area (Å²) in [6.07, 6.45) is 6.56. The number of halogens is 1. The molecule has 1 aliphatic rings. The molecule has 1 aromatic carbocycles. The van der Waals surface area contributed by atoms with Crippen LogP contribution in [0.4, 0.5) is 0 Å². The summed E-state index contributed by atoms with van der Waals surface area (Å²) in [5.41, 5.74) is 1.83. The minimum atomic E-state index is 0.361. The molecule has 0 saturated heterocycles. The van der Waals surface area contributed by atoms with E-state index in [1.54, 1.807) is 0 Å². The summed E-state index contributed by atoms with van der Waals surface area (Å²) >= 11 is 6.01. The summed E-state index contributed by atoms with van der Waals surface area (Å²) in [7, 11) is 0. The van der Waals surface area contributed by atoms with Crippen LogP contribution in [0.25, 0.3) is 0 Å². The molecule has 0 aromatic heterocycles. The summed E-state index contributed by atoms with van der Waals surface area (Å²) in [5.74, 6) is 0.920. The van der Waals surface area contributed by atoms with Gasteiger partial charge < -0.3 is 5.32 Å². The molecule has 0 aliphatic heterocycles. The lowest BCUT2D eigenvalue weighted by Gasteiger charge is -2.49. The lowest BCUT2D eigenvalue weighted by atomic mass is 9.57. The molecule has 0 radical (unpaired) electrons. The lowest BCUT2D eigenvalue weighted by Crippen LogP contribution is -2.48. The van der Waals surface area contributed by atoms with Crippen LogP contribution in [0.3, 0.4) is 0 Å². The molecule has 2 heteroatoms. The largest absolute Gasteiger partial charge is 0.316 e. The molecule has 1 fully saturated rings. The van der Waals surface area contributed by atoms with E-state index in [0.717, 1.165) is 24.0 Å². The van der Waals surface area contributed by atoms with Crippen molar-refractivity contribution in [2.24, 2.45) is 5.92 Å². The normalized spacial score (nSPS) is 26.2. The van der Waals surface area contributed by atoms with E-state index >= 15 is 0 Å². The predicted octanol–water partition coefficient (Wildman–Crippen LogP) is 4.79. The molecule has 19 heavy (non-hydrogen) atoms. The molecule has 0 amide bonds. The molecule has 0 bridgehead atoms. The molecular weight excluding hydrogens is 254 g/mol. The molecule has 1 saturated carbocycles. The second-order valence-electron chi connectivity index (χ2n) is 6.03. The molecule has 0 atom stereocenters. The maximum atomic E-state index is 6.01. The van der Waals surface area contributed by atoms with Gasteiger partial charge in [0, 0.05) is 17.0 Å². The fourth-order valence-electron chi connectivity index (χ4n) is 3.45. The monoisotopic (exact) mass is 279 g/mol. The van der Waals surface area contributed by atoms with E-state index < -0.39 is 0 Å². The van der Waals surface area contributed by atoms with Gasteiger partial charge >= 0.3 is 0 Å². The Balaban J connectivity index is 2.05. The van der Waals surface area contributed by atoms with Gasteiger partial charge in [0.2, 0.25) is 0 Å². The van der Waals surface area contributed by atoms with E-state index in [1.165, 1.54) is 37.7 Å². The van der Waals surface area contributed by atoms with Crippen LogP contribution >= 0.6 is 11.6 Å². The average Bonchev–Trinajstić information content (AvgIpc) is 2.37. The van der Waals surface area contributed by atoms with E-state index in [0.29, 0.717) is 5.41 Å². The number of rotatable bonds is 7. The van der Waals surface area contributed by atoms with Crippen molar-refractivity contribution >= 4 is 11.6 Å². The Bertz CT molecular complexity index is 373. The minimum Gasteiger partial charge on any atom is -0.316 e. The zero-order valence-electron chi connectivity index (χ0n) is 12.2. The van der Waals surface area contributed by atoms with Crippen LogP contribution in [-0.2, 0) is 5.41 Å². The number of hydrogen-bond acceptors (Lipinski definition) is 1. The highest BCUT2D eigenvalue weighted by Crippen LogP contribution is 2.49. The van der Waals surface area contributed by atoms with Crippen LogP contribution in [0.2, 0.25) is 5.02 Å². The highest BCUT2D eigenvalue weighted by molar-refractivity contribution is 6.30. The lowest BCUT2D eigenvalue weighted by molar-refractivity contribution is 0.129. The van der Waals surface area contributed by atoms with Crippen LogP contribution in [0.1, 0.15) is 51.5 Å². The van der Waals surface area contributed by atoms with Gasteiger partial charge in [-0.15, -0.1) is 0 Å². The Labute approximate surface area is 122 Å². The van der Waals surface area contributed by atoms with Crippen LogP contribution in [0, 0.1) is 5.92 Å². The molecule has 1 aliphatic carbocycles. The van der Waals surface area contributed by atoms with Gasteiger partial charge in [0.25, 0.3) is 0 Å². The van der Waals surface area contributed by atoms with Gasteiger partial charge in [-0.1, -0.05) is 50.4 Å². The third-order valence-corrected chi connectivity index (χ3v) is 4.65. The summed E-state index contributed by atoms with van der Waals surface area (Å²) in [4.78, 5) is 0. The predicted molar refractivity (Wildman–Crippen MR) is 83.9 cm³/mol. The van der Waals surface area contributed by atoms with Gasteiger partial charge in [-0.2, -0.15) is 0 Å². The summed E-state index contributed by atoms with van der Waals surface area (Å²) in [5, 5.41) is 4.46. The van der Waals surface area contributed by atoms with E-state index in [4.69, 9.17) is 11.6 Å². The fourth-order valence-corrected chi connectivity index (χ4v) is 3.57. The summed E-state index contributed by atoms with van der Waals surface area (Å²) in [6, 6.07) is 8.51. The molecule has 2 rings (SSSR count). The second-order valence-corrected chi connectivity index (χ2v) is 6.46. The molecule has 1 N–H and O–H groups in total. The highest BCUT2D eigenvalue weighted by Gasteiger charge is 2.44. The van der Waals surface area contributed by atoms with E-state index in [9.17, 15) is 0 Å². The first-order chi connectivity index (χ1) is 9.20. The molecular formula is C17H26ClN. The maximum Gasteiger partial charge on any atom is 0.0406 e. The van der Waals surface area contributed by atoms with Crippen LogP contribution in [-0.4, -0.2) is 13.1 Å². The first-order valence-corrected chi connectivity index (χ1v) is 8.05.